The highest BCUT2D eigenvalue weighted by Crippen LogP contribution is 2.37. The van der Waals surface area contributed by atoms with Crippen LogP contribution in [0.25, 0.3) is 87.7 Å². The van der Waals surface area contributed by atoms with Gasteiger partial charge in [-0.3, -0.25) is 0 Å². The first-order valence-corrected chi connectivity index (χ1v) is 17.2. The Bertz CT molecular complexity index is 2570. The number of rotatable bonds is 6. The van der Waals surface area contributed by atoms with Crippen molar-refractivity contribution in [2.24, 2.45) is 0 Å². The molecule has 49 heavy (non-hydrogen) atoms. The van der Waals surface area contributed by atoms with Crippen LogP contribution in [0, 0.1) is 0 Å². The quantitative estimate of drug-likeness (QED) is 0.181. The summed E-state index contributed by atoms with van der Waals surface area (Å²) in [5, 5.41) is 2.60. The van der Waals surface area contributed by atoms with E-state index in [1.165, 1.54) is 36.9 Å². The van der Waals surface area contributed by atoms with Crippen LogP contribution < -0.4 is 0 Å². The molecule has 230 valence electrons. The zero-order valence-electron chi connectivity index (χ0n) is 26.5. The minimum absolute atomic E-state index is 0.645. The van der Waals surface area contributed by atoms with Crippen LogP contribution in [0.3, 0.4) is 0 Å². The lowest BCUT2D eigenvalue weighted by molar-refractivity contribution is 1.07. The lowest BCUT2D eigenvalue weighted by atomic mass is 9.99. The molecule has 0 radical (unpaired) electrons. The summed E-state index contributed by atoms with van der Waals surface area (Å²) >= 11 is 1.84. The fourth-order valence-electron chi connectivity index (χ4n) is 6.39. The number of thiophene rings is 1. The molecule has 7 aromatic carbocycles. The number of aromatic nitrogens is 3. The van der Waals surface area contributed by atoms with E-state index in [0.29, 0.717) is 17.5 Å². The molecular weight excluding hydrogens is 615 g/mol. The summed E-state index contributed by atoms with van der Waals surface area (Å²) in [4.78, 5) is 15.0. The molecule has 0 saturated heterocycles. The zero-order valence-corrected chi connectivity index (χ0v) is 27.3. The van der Waals surface area contributed by atoms with Gasteiger partial charge in [-0.15, -0.1) is 11.3 Å². The SMILES string of the molecule is c1ccc(-c2ccc(-c3ccc(-c4nc(-c5ccccc5)nc(-c5cccc(-c6ccc7c(c6)sc6ccccc67)c5)n4)cc3)cc2)cc1. The monoisotopic (exact) mass is 643 g/mol. The third-order valence-electron chi connectivity index (χ3n) is 8.97. The van der Waals surface area contributed by atoms with E-state index < -0.39 is 0 Å². The molecule has 0 aliphatic carbocycles. The molecule has 9 aromatic rings. The number of nitrogens with zero attached hydrogens (tertiary/aromatic N) is 3. The van der Waals surface area contributed by atoms with Crippen LogP contribution >= 0.6 is 11.3 Å². The van der Waals surface area contributed by atoms with Crippen molar-refractivity contribution >= 4 is 31.5 Å². The van der Waals surface area contributed by atoms with Crippen molar-refractivity contribution in [3.8, 4) is 67.5 Å². The Balaban J connectivity index is 1.07. The van der Waals surface area contributed by atoms with Crippen LogP contribution in [0.1, 0.15) is 0 Å². The number of hydrogen-bond acceptors (Lipinski definition) is 4. The summed E-state index contributed by atoms with van der Waals surface area (Å²) in [5.41, 5.74) is 9.87. The fourth-order valence-corrected chi connectivity index (χ4v) is 7.54. The summed E-state index contributed by atoms with van der Waals surface area (Å²) in [7, 11) is 0. The second kappa shape index (κ2) is 12.4. The van der Waals surface area contributed by atoms with Gasteiger partial charge in [0.25, 0.3) is 0 Å². The second-order valence-electron chi connectivity index (χ2n) is 12.1. The molecular formula is C45H29N3S. The van der Waals surface area contributed by atoms with E-state index in [-0.39, 0.29) is 0 Å². The Morgan fingerprint density at radius 2 is 0.673 bits per heavy atom. The molecule has 0 saturated carbocycles. The van der Waals surface area contributed by atoms with E-state index in [1.54, 1.807) is 0 Å². The Kier molecular flexibility index (Phi) is 7.34. The van der Waals surface area contributed by atoms with E-state index in [2.05, 4.69) is 140 Å². The van der Waals surface area contributed by atoms with Gasteiger partial charge in [0.15, 0.2) is 17.5 Å². The van der Waals surface area contributed by atoms with Gasteiger partial charge in [0, 0.05) is 36.9 Å². The van der Waals surface area contributed by atoms with Gasteiger partial charge in [-0.1, -0.05) is 158 Å². The average molecular weight is 644 g/mol. The summed E-state index contributed by atoms with van der Waals surface area (Å²) < 4.78 is 2.59. The van der Waals surface area contributed by atoms with Crippen molar-refractivity contribution in [3.05, 3.63) is 176 Å². The summed E-state index contributed by atoms with van der Waals surface area (Å²) in [6, 6.07) is 61.7. The van der Waals surface area contributed by atoms with Crippen molar-refractivity contribution in [2.75, 3.05) is 0 Å². The van der Waals surface area contributed by atoms with Gasteiger partial charge in [0.1, 0.15) is 0 Å². The highest BCUT2D eigenvalue weighted by Gasteiger charge is 2.14. The molecule has 2 heterocycles. The van der Waals surface area contributed by atoms with Crippen molar-refractivity contribution < 1.29 is 0 Å². The molecule has 2 aromatic heterocycles. The number of benzene rings is 7. The maximum absolute atomic E-state index is 5.04. The normalized spacial score (nSPS) is 11.3. The Morgan fingerprint density at radius 1 is 0.265 bits per heavy atom. The molecule has 0 atom stereocenters. The maximum Gasteiger partial charge on any atom is 0.164 e. The lowest BCUT2D eigenvalue weighted by Gasteiger charge is -2.10. The average Bonchev–Trinajstić information content (AvgIpc) is 3.57. The summed E-state index contributed by atoms with van der Waals surface area (Å²) in [6.45, 7) is 0. The molecule has 0 fully saturated rings. The van der Waals surface area contributed by atoms with Gasteiger partial charge in [-0.25, -0.2) is 15.0 Å². The minimum Gasteiger partial charge on any atom is -0.208 e. The Labute approximate surface area is 288 Å². The van der Waals surface area contributed by atoms with E-state index in [4.69, 9.17) is 15.0 Å². The van der Waals surface area contributed by atoms with Crippen molar-refractivity contribution in [2.45, 2.75) is 0 Å². The van der Waals surface area contributed by atoms with E-state index in [9.17, 15) is 0 Å². The van der Waals surface area contributed by atoms with Gasteiger partial charge < -0.3 is 0 Å². The van der Waals surface area contributed by atoms with E-state index in [1.807, 2.05) is 47.7 Å². The smallest absolute Gasteiger partial charge is 0.164 e. The van der Waals surface area contributed by atoms with E-state index >= 15 is 0 Å². The van der Waals surface area contributed by atoms with Crippen LogP contribution in [0.2, 0.25) is 0 Å². The lowest BCUT2D eigenvalue weighted by Crippen LogP contribution is -2.00. The van der Waals surface area contributed by atoms with Crippen molar-refractivity contribution in [3.63, 3.8) is 0 Å². The molecule has 0 unspecified atom stereocenters. The van der Waals surface area contributed by atoms with Gasteiger partial charge in [0.2, 0.25) is 0 Å². The maximum atomic E-state index is 5.04. The first-order valence-electron chi connectivity index (χ1n) is 16.4. The molecule has 0 aliphatic rings. The molecule has 0 N–H and O–H groups in total. The minimum atomic E-state index is 0.645. The topological polar surface area (TPSA) is 38.7 Å². The fraction of sp³-hybridized carbons (Fsp3) is 0. The van der Waals surface area contributed by atoms with Crippen LogP contribution in [-0.4, -0.2) is 15.0 Å². The summed E-state index contributed by atoms with van der Waals surface area (Å²) in [6.07, 6.45) is 0. The van der Waals surface area contributed by atoms with Gasteiger partial charge >= 0.3 is 0 Å². The van der Waals surface area contributed by atoms with Crippen LogP contribution in [0.4, 0.5) is 0 Å². The first-order chi connectivity index (χ1) is 24.2. The zero-order chi connectivity index (χ0) is 32.6. The third-order valence-corrected chi connectivity index (χ3v) is 10.1. The van der Waals surface area contributed by atoms with Gasteiger partial charge in [-0.05, 0) is 51.6 Å². The largest absolute Gasteiger partial charge is 0.208 e. The molecule has 0 bridgehead atoms. The highest BCUT2D eigenvalue weighted by atomic mass is 32.1. The third kappa shape index (κ3) is 5.69. The summed E-state index contributed by atoms with van der Waals surface area (Å²) in [5.74, 6) is 1.94. The molecule has 9 rings (SSSR count). The number of fused-ring (bicyclic) bond motifs is 3. The van der Waals surface area contributed by atoms with Crippen LogP contribution in [0.15, 0.2) is 176 Å². The predicted molar refractivity (Wildman–Crippen MR) is 205 cm³/mol. The first kappa shape index (κ1) is 29.0. The Hall–Kier alpha value is -6.23. The number of hydrogen-bond donors (Lipinski definition) is 0. The molecule has 0 spiro atoms. The van der Waals surface area contributed by atoms with Crippen molar-refractivity contribution in [1.29, 1.82) is 0 Å². The Morgan fingerprint density at radius 3 is 1.33 bits per heavy atom. The van der Waals surface area contributed by atoms with Crippen LogP contribution in [0.5, 0.6) is 0 Å². The highest BCUT2D eigenvalue weighted by molar-refractivity contribution is 7.25. The predicted octanol–water partition coefficient (Wildman–Crippen LogP) is 12.2. The van der Waals surface area contributed by atoms with Gasteiger partial charge in [-0.2, -0.15) is 0 Å². The second-order valence-corrected chi connectivity index (χ2v) is 13.2. The molecule has 0 aliphatic heterocycles. The van der Waals surface area contributed by atoms with Crippen LogP contribution in [-0.2, 0) is 0 Å². The van der Waals surface area contributed by atoms with E-state index in [0.717, 1.165) is 33.4 Å². The molecule has 0 amide bonds. The molecule has 3 nitrogen and oxygen atoms in total. The molecule has 4 heteroatoms. The van der Waals surface area contributed by atoms with Crippen molar-refractivity contribution in [1.82, 2.24) is 15.0 Å². The standard InChI is InChI=1S/C45H29N3S/c1-3-10-30(11-4-1)31-18-20-32(21-19-31)33-22-24-35(25-23-33)44-46-43(34-12-5-2-6-13-34)47-45(48-44)38-15-9-14-36(28-38)37-26-27-40-39-16-7-8-17-41(39)49-42(40)29-37/h1-29H. The van der Waals surface area contributed by atoms with Gasteiger partial charge in [0.05, 0.1) is 0 Å².